The van der Waals surface area contributed by atoms with Gasteiger partial charge in [-0.25, -0.2) is 0 Å². The van der Waals surface area contributed by atoms with Crippen LogP contribution in [0.5, 0.6) is 0 Å². The Balaban J connectivity index is 6.14. The van der Waals surface area contributed by atoms with Gasteiger partial charge in [-0.1, -0.05) is 0 Å². The molecule has 0 aromatic heterocycles. The molecular weight excluding hydrogens is 493 g/mol. The Morgan fingerprint density at radius 3 is 0.774 bits per heavy atom. The minimum atomic E-state index is -3.37. The number of hydrogen-bond acceptors (Lipinski definition) is 6. The van der Waals surface area contributed by atoms with Gasteiger partial charge in [-0.15, -0.1) is 0 Å². The Morgan fingerprint density at radius 2 is 0.645 bits per heavy atom. The third kappa shape index (κ3) is 10.6. The van der Waals surface area contributed by atoms with Crippen LogP contribution in [0.3, 0.4) is 0 Å². The Morgan fingerprint density at radius 1 is 0.452 bits per heavy atom. The van der Waals surface area contributed by atoms with Crippen LogP contribution >= 0.6 is 0 Å². The maximum atomic E-state index is 7.02. The number of hydrogen-bond donors (Lipinski definition) is 0. The van der Waals surface area contributed by atoms with Crippen molar-refractivity contribution < 1.29 is 8.56 Å². The Kier molecular flexibility index (Phi) is 15.1. The average molecular weight is 548 g/mol. The van der Waals surface area contributed by atoms with E-state index in [2.05, 4.69) is 98.5 Å². The van der Waals surface area contributed by atoms with Gasteiger partial charge in [0.1, 0.15) is 0 Å². The van der Waals surface area contributed by atoms with Crippen LogP contribution in [0.1, 0.15) is 80.1 Å². The molecule has 0 radical (unpaired) electrons. The fraction of sp³-hybridized carbons (Fsp3) is 1.00. The zero-order valence-corrected chi connectivity index (χ0v) is 26.3. The molecule has 0 unspecified atom stereocenters. The molecule has 0 aromatic rings. The van der Waals surface area contributed by atoms with E-state index >= 15 is 0 Å². The molecule has 0 aliphatic carbocycles. The molecule has 0 amide bonds. The summed E-state index contributed by atoms with van der Waals surface area (Å²) in [5, 5.41) is 0. The summed E-state index contributed by atoms with van der Waals surface area (Å²) in [4.78, 5) is 6.69. The summed E-state index contributed by atoms with van der Waals surface area (Å²) in [6.07, 6.45) is 5.75. The van der Waals surface area contributed by atoms with E-state index in [-0.39, 0.29) is 16.8 Å². The molecule has 0 aliphatic heterocycles. The first-order valence-corrected chi connectivity index (χ1v) is 16.4. The molecule has 0 bridgehead atoms. The van der Waals surface area contributed by atoms with E-state index in [1.54, 1.807) is 0 Å². The van der Waals surface area contributed by atoms with Crippen LogP contribution in [0, 0.1) is 0 Å². The van der Waals surface area contributed by atoms with Crippen molar-refractivity contribution in [3.63, 3.8) is 0 Å². The summed E-state index contributed by atoms with van der Waals surface area (Å²) in [7, 11) is 12.7. The van der Waals surface area contributed by atoms with Crippen molar-refractivity contribution in [1.29, 1.82) is 0 Å². The van der Waals surface area contributed by atoms with Crippen LogP contribution in [0.25, 0.3) is 0 Å². The van der Waals surface area contributed by atoms with Gasteiger partial charge in [-0.05, 0) is 0 Å². The second-order valence-corrected chi connectivity index (χ2v) is 13.7. The average Bonchev–Trinajstić information content (AvgIpc) is 2.70. The Bertz CT molecular complexity index is 396. The van der Waals surface area contributed by atoms with E-state index in [9.17, 15) is 0 Å². The Hall–Kier alpha value is 0.630. The van der Waals surface area contributed by atoms with Gasteiger partial charge in [-0.2, -0.15) is 0 Å². The zero-order valence-electron chi connectivity index (χ0n) is 23.0. The minimum absolute atomic E-state index is 0.221. The number of likely N-dealkylation sites (N-methyl/N-ethyl adjacent to an activating group) is 3. The van der Waals surface area contributed by atoms with Crippen molar-refractivity contribution in [2.75, 3.05) is 61.9 Å². The summed E-state index contributed by atoms with van der Waals surface area (Å²) in [5.74, 6) is 0. The topological polar surface area (TPSA) is 37.4 Å². The van der Waals surface area contributed by atoms with E-state index in [1.807, 2.05) is 0 Å². The van der Waals surface area contributed by atoms with E-state index in [4.69, 9.17) is 8.56 Å². The predicted molar refractivity (Wildman–Crippen MR) is 135 cm³/mol. The summed E-state index contributed by atoms with van der Waals surface area (Å²) in [6.45, 7) is 16.0. The standard InChI is InChI=1S/3C8H18NO.In/c3*1-5-8(10,6-2)7-9(3)4;/h3*5-7H2,1-4H3;/q3*-1;+3. The third-order valence-corrected chi connectivity index (χ3v) is 12.6. The fourth-order valence-corrected chi connectivity index (χ4v) is 11.8. The van der Waals surface area contributed by atoms with E-state index in [0.717, 1.165) is 58.2 Å². The molecule has 0 heterocycles. The zero-order chi connectivity index (χ0) is 24.3. The first kappa shape index (κ1) is 31.6. The first-order valence-electron chi connectivity index (χ1n) is 12.4. The predicted octanol–water partition coefficient (Wildman–Crippen LogP) is 4.38. The molecule has 0 aliphatic rings. The van der Waals surface area contributed by atoms with Crippen molar-refractivity contribution in [3.05, 3.63) is 0 Å². The van der Waals surface area contributed by atoms with Gasteiger partial charge in [0, 0.05) is 0 Å². The quantitative estimate of drug-likeness (QED) is 0.254. The normalized spacial score (nSPS) is 13.6. The first-order chi connectivity index (χ1) is 14.4. The monoisotopic (exact) mass is 547 g/mol. The second kappa shape index (κ2) is 14.8. The van der Waals surface area contributed by atoms with Crippen LogP contribution in [-0.2, 0) is 8.56 Å². The van der Waals surface area contributed by atoms with Gasteiger partial charge in [0.2, 0.25) is 0 Å². The summed E-state index contributed by atoms with van der Waals surface area (Å²) < 4.78 is 21.0. The molecule has 0 saturated heterocycles. The van der Waals surface area contributed by atoms with Crippen LogP contribution in [0.4, 0.5) is 0 Å². The molecule has 0 N–H and O–H groups in total. The molecule has 0 aromatic carbocycles. The van der Waals surface area contributed by atoms with Crippen molar-refractivity contribution in [3.8, 4) is 0 Å². The molecule has 186 valence electrons. The summed E-state index contributed by atoms with van der Waals surface area (Å²) in [5.41, 5.74) is -0.664. The van der Waals surface area contributed by atoms with Gasteiger partial charge in [0.05, 0.1) is 0 Å². The molecule has 31 heavy (non-hydrogen) atoms. The van der Waals surface area contributed by atoms with Crippen molar-refractivity contribution in [2.24, 2.45) is 0 Å². The number of nitrogens with zero attached hydrogens (tertiary/aromatic N) is 3. The maximum absolute atomic E-state index is 7.02. The second-order valence-electron chi connectivity index (χ2n) is 10.0. The molecular formula is C24H54InN3O3. The van der Waals surface area contributed by atoms with E-state index in [0.29, 0.717) is 0 Å². The molecule has 0 fully saturated rings. The van der Waals surface area contributed by atoms with E-state index < -0.39 is 22.7 Å². The third-order valence-electron chi connectivity index (χ3n) is 6.72. The molecule has 7 heteroatoms. The van der Waals surface area contributed by atoms with Gasteiger partial charge < -0.3 is 0 Å². The Labute approximate surface area is 204 Å². The van der Waals surface area contributed by atoms with Crippen LogP contribution < -0.4 is 0 Å². The van der Waals surface area contributed by atoms with Gasteiger partial charge in [0.15, 0.2) is 0 Å². The molecule has 0 saturated carbocycles. The van der Waals surface area contributed by atoms with E-state index in [1.165, 1.54) is 0 Å². The van der Waals surface area contributed by atoms with Gasteiger partial charge in [-0.3, -0.25) is 0 Å². The van der Waals surface area contributed by atoms with Crippen molar-refractivity contribution in [2.45, 2.75) is 96.9 Å². The fourth-order valence-electron chi connectivity index (χ4n) is 4.45. The van der Waals surface area contributed by atoms with Crippen LogP contribution in [0.2, 0.25) is 0 Å². The SMILES string of the molecule is CCC(CC)(CN(C)C)[O][In]([O]C(CC)(CC)CN(C)C)[O]C(CC)(CC)CN(C)C. The molecule has 6 nitrogen and oxygen atoms in total. The van der Waals surface area contributed by atoms with Crippen molar-refractivity contribution >= 4 is 22.7 Å². The van der Waals surface area contributed by atoms with Crippen LogP contribution in [-0.4, -0.2) is 116 Å². The molecule has 0 atom stereocenters. The van der Waals surface area contributed by atoms with Crippen molar-refractivity contribution in [1.82, 2.24) is 14.7 Å². The number of rotatable bonds is 18. The van der Waals surface area contributed by atoms with Gasteiger partial charge >= 0.3 is 205 Å². The van der Waals surface area contributed by atoms with Gasteiger partial charge in [0.25, 0.3) is 0 Å². The molecule has 0 rings (SSSR count). The molecule has 0 spiro atoms. The summed E-state index contributed by atoms with van der Waals surface area (Å²) in [6, 6.07) is 0. The summed E-state index contributed by atoms with van der Waals surface area (Å²) >= 11 is -3.37. The van der Waals surface area contributed by atoms with Crippen LogP contribution in [0.15, 0.2) is 0 Å².